The topological polar surface area (TPSA) is 66.3 Å². The summed E-state index contributed by atoms with van der Waals surface area (Å²) in [5.74, 6) is -0.325. The Morgan fingerprint density at radius 2 is 2.12 bits per heavy atom. The van der Waals surface area contributed by atoms with Crippen molar-refractivity contribution < 1.29 is 9.21 Å². The summed E-state index contributed by atoms with van der Waals surface area (Å²) >= 11 is 0. The molecule has 0 saturated heterocycles. The molecule has 2 aromatic carbocycles. The molecule has 1 amide bonds. The van der Waals surface area contributed by atoms with Crippen LogP contribution in [0.1, 0.15) is 24.5 Å². The van der Waals surface area contributed by atoms with E-state index in [-0.39, 0.29) is 11.9 Å². The fourth-order valence-electron chi connectivity index (χ4n) is 3.47. The van der Waals surface area contributed by atoms with E-state index in [0.717, 1.165) is 17.7 Å². The lowest BCUT2D eigenvalue weighted by Gasteiger charge is -2.22. The first-order chi connectivity index (χ1) is 11.6. The van der Waals surface area contributed by atoms with Crippen molar-refractivity contribution in [1.29, 1.82) is 0 Å². The van der Waals surface area contributed by atoms with Gasteiger partial charge in [0.15, 0.2) is 5.58 Å². The monoisotopic (exact) mass is 322 g/mol. The standard InChI is InChI=1S/C19H18N2O3/c1-12-10-14-4-2-3-5-16(14)21(12)18(22)9-7-13-6-8-17-15(11-13)20-19(23)24-17/h2-6,8,11-12H,7,9-10H2,1H3,(H,20,23). The zero-order chi connectivity index (χ0) is 16.7. The molecule has 1 aromatic heterocycles. The predicted octanol–water partition coefficient (Wildman–Crippen LogP) is 3.03. The smallest absolute Gasteiger partial charge is 0.408 e. The van der Waals surface area contributed by atoms with Gasteiger partial charge in [0.1, 0.15) is 0 Å². The average Bonchev–Trinajstić information content (AvgIpc) is 3.09. The normalized spacial score (nSPS) is 16.5. The summed E-state index contributed by atoms with van der Waals surface area (Å²) in [5.41, 5.74) is 4.48. The molecule has 0 spiro atoms. The summed E-state index contributed by atoms with van der Waals surface area (Å²) in [6.07, 6.45) is 1.98. The van der Waals surface area contributed by atoms with Gasteiger partial charge in [0.2, 0.25) is 5.91 Å². The number of oxazole rings is 1. The van der Waals surface area contributed by atoms with Crippen LogP contribution in [0.3, 0.4) is 0 Å². The number of nitrogens with one attached hydrogen (secondary N) is 1. The van der Waals surface area contributed by atoms with Crippen LogP contribution in [0.5, 0.6) is 0 Å². The van der Waals surface area contributed by atoms with Crippen LogP contribution >= 0.6 is 0 Å². The lowest BCUT2D eigenvalue weighted by Crippen LogP contribution is -2.35. The van der Waals surface area contributed by atoms with Crippen molar-refractivity contribution in [3.05, 3.63) is 64.1 Å². The van der Waals surface area contributed by atoms with Crippen molar-refractivity contribution in [2.75, 3.05) is 4.90 Å². The Labute approximate surface area is 138 Å². The molecule has 3 aromatic rings. The molecule has 1 aliphatic rings. The number of anilines is 1. The molecular weight excluding hydrogens is 304 g/mol. The third-order valence-corrected chi connectivity index (χ3v) is 4.59. The second kappa shape index (κ2) is 5.67. The van der Waals surface area contributed by atoms with Gasteiger partial charge in [-0.15, -0.1) is 0 Å². The van der Waals surface area contributed by atoms with Gasteiger partial charge in [0.25, 0.3) is 0 Å². The summed E-state index contributed by atoms with van der Waals surface area (Å²) in [4.78, 5) is 28.5. The molecule has 4 rings (SSSR count). The quantitative estimate of drug-likeness (QED) is 0.806. The molecule has 1 N–H and O–H groups in total. The van der Waals surface area contributed by atoms with E-state index in [4.69, 9.17) is 4.42 Å². The van der Waals surface area contributed by atoms with E-state index in [1.54, 1.807) is 6.07 Å². The number of H-pyrrole nitrogens is 1. The van der Waals surface area contributed by atoms with Gasteiger partial charge in [-0.05, 0) is 49.1 Å². The van der Waals surface area contributed by atoms with Gasteiger partial charge in [0.05, 0.1) is 5.52 Å². The molecule has 24 heavy (non-hydrogen) atoms. The van der Waals surface area contributed by atoms with Gasteiger partial charge in [-0.2, -0.15) is 0 Å². The van der Waals surface area contributed by atoms with E-state index in [2.05, 4.69) is 18.0 Å². The van der Waals surface area contributed by atoms with Crippen molar-refractivity contribution in [3.63, 3.8) is 0 Å². The van der Waals surface area contributed by atoms with Crippen LogP contribution in [0.4, 0.5) is 5.69 Å². The highest BCUT2D eigenvalue weighted by molar-refractivity contribution is 5.96. The van der Waals surface area contributed by atoms with E-state index < -0.39 is 5.76 Å². The lowest BCUT2D eigenvalue weighted by atomic mass is 10.1. The molecule has 1 aliphatic heterocycles. The Morgan fingerprint density at radius 1 is 1.29 bits per heavy atom. The summed E-state index contributed by atoms with van der Waals surface area (Å²) in [7, 11) is 0. The van der Waals surface area contributed by atoms with Gasteiger partial charge < -0.3 is 9.32 Å². The Hall–Kier alpha value is -2.82. The molecule has 0 fully saturated rings. The van der Waals surface area contributed by atoms with Crippen molar-refractivity contribution in [3.8, 4) is 0 Å². The molecule has 2 heterocycles. The number of nitrogens with zero attached hydrogens (tertiary/aromatic N) is 1. The first kappa shape index (κ1) is 14.8. The second-order valence-corrected chi connectivity index (χ2v) is 6.29. The van der Waals surface area contributed by atoms with E-state index in [1.807, 2.05) is 35.2 Å². The fraction of sp³-hybridized carbons (Fsp3) is 0.263. The number of aromatic nitrogens is 1. The molecule has 0 aliphatic carbocycles. The molecule has 0 radical (unpaired) electrons. The van der Waals surface area contributed by atoms with Gasteiger partial charge in [0, 0.05) is 18.2 Å². The highest BCUT2D eigenvalue weighted by Gasteiger charge is 2.29. The minimum atomic E-state index is -0.458. The maximum atomic E-state index is 12.7. The van der Waals surface area contributed by atoms with Crippen LogP contribution in [0.25, 0.3) is 11.1 Å². The van der Waals surface area contributed by atoms with Crippen LogP contribution in [0.15, 0.2) is 51.7 Å². The molecular formula is C19H18N2O3. The van der Waals surface area contributed by atoms with Crippen LogP contribution in [-0.4, -0.2) is 16.9 Å². The first-order valence-electron chi connectivity index (χ1n) is 8.13. The zero-order valence-corrected chi connectivity index (χ0v) is 13.4. The number of fused-ring (bicyclic) bond motifs is 2. The minimum Gasteiger partial charge on any atom is -0.408 e. The number of aromatic amines is 1. The SMILES string of the molecule is CC1Cc2ccccc2N1C(=O)CCc1ccc2oc(=O)[nH]c2c1. The van der Waals surface area contributed by atoms with Crippen LogP contribution in [0.2, 0.25) is 0 Å². The molecule has 0 bridgehead atoms. The van der Waals surface area contributed by atoms with Gasteiger partial charge in [-0.1, -0.05) is 24.3 Å². The molecule has 5 nitrogen and oxygen atoms in total. The maximum absolute atomic E-state index is 12.7. The molecule has 122 valence electrons. The van der Waals surface area contributed by atoms with Crippen molar-refractivity contribution >= 4 is 22.7 Å². The maximum Gasteiger partial charge on any atom is 0.417 e. The zero-order valence-electron chi connectivity index (χ0n) is 13.4. The highest BCUT2D eigenvalue weighted by atomic mass is 16.4. The highest BCUT2D eigenvalue weighted by Crippen LogP contribution is 2.32. The molecule has 1 unspecified atom stereocenters. The van der Waals surface area contributed by atoms with Crippen LogP contribution in [-0.2, 0) is 17.6 Å². The number of hydrogen-bond donors (Lipinski definition) is 1. The van der Waals surface area contributed by atoms with Crippen molar-refractivity contribution in [2.24, 2.45) is 0 Å². The third kappa shape index (κ3) is 2.52. The molecule has 5 heteroatoms. The number of carbonyl (C=O) groups excluding carboxylic acids is 1. The van der Waals surface area contributed by atoms with E-state index in [9.17, 15) is 9.59 Å². The summed E-state index contributed by atoms with van der Waals surface area (Å²) in [5, 5.41) is 0. The van der Waals surface area contributed by atoms with E-state index in [1.165, 1.54) is 5.56 Å². The number of aryl methyl sites for hydroxylation is 1. The fourth-order valence-corrected chi connectivity index (χ4v) is 3.47. The van der Waals surface area contributed by atoms with E-state index in [0.29, 0.717) is 23.9 Å². The minimum absolute atomic E-state index is 0.133. The van der Waals surface area contributed by atoms with Gasteiger partial charge in [-0.3, -0.25) is 9.78 Å². The number of carbonyl (C=O) groups is 1. The Bertz CT molecular complexity index is 970. The number of para-hydroxylation sites is 1. The summed E-state index contributed by atoms with van der Waals surface area (Å²) in [6, 6.07) is 13.8. The predicted molar refractivity (Wildman–Crippen MR) is 92.2 cm³/mol. The van der Waals surface area contributed by atoms with Gasteiger partial charge in [-0.25, -0.2) is 4.79 Å². The summed E-state index contributed by atoms with van der Waals surface area (Å²) in [6.45, 7) is 2.08. The first-order valence-corrected chi connectivity index (χ1v) is 8.13. The Kier molecular flexibility index (Phi) is 3.49. The number of hydrogen-bond acceptors (Lipinski definition) is 3. The Morgan fingerprint density at radius 3 is 3.00 bits per heavy atom. The number of amides is 1. The van der Waals surface area contributed by atoms with Crippen molar-refractivity contribution in [1.82, 2.24) is 4.98 Å². The van der Waals surface area contributed by atoms with Crippen LogP contribution in [0, 0.1) is 0 Å². The molecule has 0 saturated carbocycles. The third-order valence-electron chi connectivity index (χ3n) is 4.59. The van der Waals surface area contributed by atoms with Crippen LogP contribution < -0.4 is 10.7 Å². The Balaban J connectivity index is 1.50. The largest absolute Gasteiger partial charge is 0.417 e. The number of benzene rings is 2. The van der Waals surface area contributed by atoms with E-state index >= 15 is 0 Å². The number of rotatable bonds is 3. The van der Waals surface area contributed by atoms with Gasteiger partial charge >= 0.3 is 5.76 Å². The van der Waals surface area contributed by atoms with Crippen molar-refractivity contribution in [2.45, 2.75) is 32.2 Å². The second-order valence-electron chi connectivity index (χ2n) is 6.29. The summed E-state index contributed by atoms with van der Waals surface area (Å²) < 4.78 is 5.00. The molecule has 1 atom stereocenters. The average molecular weight is 322 g/mol. The lowest BCUT2D eigenvalue weighted by molar-refractivity contribution is -0.118.